The molecule has 3 aromatic rings. The van der Waals surface area contributed by atoms with E-state index in [0.29, 0.717) is 0 Å². The molecular weight excluding hydrogens is 614 g/mol. The number of rotatable bonds is 16. The van der Waals surface area contributed by atoms with Crippen molar-refractivity contribution in [1.82, 2.24) is 15.2 Å². The highest BCUT2D eigenvalue weighted by molar-refractivity contribution is 5.96. The van der Waals surface area contributed by atoms with Crippen LogP contribution < -0.4 is 10.6 Å². The number of carbonyl (C=O) groups is 5. The molecule has 2 amide bonds. The number of aromatic nitrogens is 1. The summed E-state index contributed by atoms with van der Waals surface area (Å²) in [6.07, 6.45) is 1.78. The van der Waals surface area contributed by atoms with Crippen molar-refractivity contribution in [1.29, 1.82) is 0 Å². The van der Waals surface area contributed by atoms with Gasteiger partial charge in [0.1, 0.15) is 24.9 Å². The number of nitrogens with one attached hydrogen (secondary N) is 2. The van der Waals surface area contributed by atoms with Crippen LogP contribution in [0.2, 0.25) is 0 Å². The number of ketones is 1. The second-order valence-electron chi connectivity index (χ2n) is 13.0. The molecule has 2 aromatic carbocycles. The molecule has 0 saturated carbocycles. The van der Waals surface area contributed by atoms with E-state index >= 15 is 0 Å². The third-order valence-electron chi connectivity index (χ3n) is 7.59. The zero-order valence-corrected chi connectivity index (χ0v) is 28.6. The molecule has 0 aliphatic heterocycles. The molecule has 0 saturated heterocycles. The molecule has 2 N–H and O–H groups in total. The van der Waals surface area contributed by atoms with E-state index < -0.39 is 59.7 Å². The van der Waals surface area contributed by atoms with Crippen LogP contribution in [-0.4, -0.2) is 58.6 Å². The fraction of sp³-hybridized carbons (Fsp3) is 0.432. The standard InChI is InChI=1S/C37H47N3O8/c1-8-18-46-35(44)28(24(2)3)20-32(41)29(19-26-22-40(7)31-17-13-12-16-27(26)31)38-34(43)30(21-33(42)48-37(4,5)6)39-36(45)47-23-25-14-10-9-11-15-25/h8-17,22,24,28-30H,1,18-21,23H2,2-7H3,(H,38,43)(H,39,45)/t28-,29+,30+/m1/s1. The number of para-hydroxylation sites is 1. The van der Waals surface area contributed by atoms with E-state index in [1.54, 1.807) is 45.0 Å². The maximum atomic E-state index is 14.0. The molecule has 1 aromatic heterocycles. The van der Waals surface area contributed by atoms with Crippen LogP contribution in [-0.2, 0) is 53.5 Å². The molecule has 3 rings (SSSR count). The highest BCUT2D eigenvalue weighted by Gasteiger charge is 2.34. The maximum absolute atomic E-state index is 14.0. The van der Waals surface area contributed by atoms with Crippen molar-refractivity contribution in [2.75, 3.05) is 6.61 Å². The van der Waals surface area contributed by atoms with Crippen molar-refractivity contribution in [2.45, 2.75) is 78.2 Å². The molecule has 11 heteroatoms. The van der Waals surface area contributed by atoms with Gasteiger partial charge in [0.2, 0.25) is 5.91 Å². The summed E-state index contributed by atoms with van der Waals surface area (Å²) in [4.78, 5) is 66.4. The average molecular weight is 662 g/mol. The minimum Gasteiger partial charge on any atom is -0.461 e. The number of fused-ring (bicyclic) bond motifs is 1. The summed E-state index contributed by atoms with van der Waals surface area (Å²) in [6, 6.07) is 14.1. The van der Waals surface area contributed by atoms with E-state index in [2.05, 4.69) is 17.2 Å². The Kier molecular flexibility index (Phi) is 13.5. The number of carbonyl (C=O) groups excluding carboxylic acids is 5. The summed E-state index contributed by atoms with van der Waals surface area (Å²) in [5.74, 6) is -3.47. The number of esters is 2. The lowest BCUT2D eigenvalue weighted by Crippen LogP contribution is -2.53. The number of hydrogen-bond donors (Lipinski definition) is 2. The number of aryl methyl sites for hydroxylation is 1. The summed E-state index contributed by atoms with van der Waals surface area (Å²) in [6.45, 7) is 12.2. The monoisotopic (exact) mass is 661 g/mol. The quantitative estimate of drug-likeness (QED) is 0.121. The Labute approximate surface area is 282 Å². The lowest BCUT2D eigenvalue weighted by Gasteiger charge is -2.26. The van der Waals surface area contributed by atoms with Crippen molar-refractivity contribution in [3.8, 4) is 0 Å². The van der Waals surface area contributed by atoms with Crippen molar-refractivity contribution < 1.29 is 38.2 Å². The number of Topliss-reactive ketones (excluding diaryl/α,β-unsaturated/α-hetero) is 1. The Morgan fingerprint density at radius 2 is 1.56 bits per heavy atom. The van der Waals surface area contributed by atoms with E-state index in [9.17, 15) is 24.0 Å². The van der Waals surface area contributed by atoms with Gasteiger partial charge in [-0.2, -0.15) is 0 Å². The van der Waals surface area contributed by atoms with Gasteiger partial charge < -0.3 is 29.4 Å². The minimum absolute atomic E-state index is 0.00476. The van der Waals surface area contributed by atoms with Crippen LogP contribution in [0.4, 0.5) is 4.79 Å². The lowest BCUT2D eigenvalue weighted by atomic mass is 9.87. The highest BCUT2D eigenvalue weighted by atomic mass is 16.6. The van der Waals surface area contributed by atoms with Gasteiger partial charge in [0.15, 0.2) is 5.78 Å². The molecule has 11 nitrogen and oxygen atoms in total. The van der Waals surface area contributed by atoms with Crippen molar-refractivity contribution in [2.24, 2.45) is 18.9 Å². The molecule has 0 fully saturated rings. The Hall–Kier alpha value is -4.93. The van der Waals surface area contributed by atoms with Gasteiger partial charge >= 0.3 is 18.0 Å². The van der Waals surface area contributed by atoms with Crippen LogP contribution in [0.5, 0.6) is 0 Å². The highest BCUT2D eigenvalue weighted by Crippen LogP contribution is 2.24. The van der Waals surface area contributed by atoms with Gasteiger partial charge in [0, 0.05) is 37.0 Å². The molecule has 48 heavy (non-hydrogen) atoms. The Morgan fingerprint density at radius 1 is 0.896 bits per heavy atom. The smallest absolute Gasteiger partial charge is 0.408 e. The summed E-state index contributed by atoms with van der Waals surface area (Å²) < 4.78 is 17.9. The lowest BCUT2D eigenvalue weighted by molar-refractivity contribution is -0.156. The first-order valence-corrected chi connectivity index (χ1v) is 16.0. The second-order valence-corrected chi connectivity index (χ2v) is 13.0. The topological polar surface area (TPSA) is 142 Å². The van der Waals surface area contributed by atoms with Gasteiger partial charge in [-0.25, -0.2) is 4.79 Å². The average Bonchev–Trinajstić information content (AvgIpc) is 3.34. The predicted molar refractivity (Wildman–Crippen MR) is 182 cm³/mol. The van der Waals surface area contributed by atoms with Gasteiger partial charge in [-0.15, -0.1) is 0 Å². The van der Waals surface area contributed by atoms with Crippen LogP contribution in [0, 0.1) is 11.8 Å². The SMILES string of the molecule is C=CCOC(=O)[C@H](CC(=O)[C@H](Cc1cn(C)c2ccccc12)NC(=O)[C@H](CC(=O)OC(C)(C)C)NC(=O)OCc1ccccc1)C(C)C. The normalized spacial score (nSPS) is 13.2. The van der Waals surface area contributed by atoms with E-state index in [0.717, 1.165) is 22.0 Å². The number of amides is 2. The Balaban J connectivity index is 1.90. The zero-order chi connectivity index (χ0) is 35.4. The van der Waals surface area contributed by atoms with Gasteiger partial charge in [-0.1, -0.05) is 75.0 Å². The predicted octanol–water partition coefficient (Wildman–Crippen LogP) is 5.19. The third kappa shape index (κ3) is 11.4. The largest absolute Gasteiger partial charge is 0.461 e. The fourth-order valence-corrected chi connectivity index (χ4v) is 5.19. The van der Waals surface area contributed by atoms with Crippen LogP contribution in [0.25, 0.3) is 10.9 Å². The fourth-order valence-electron chi connectivity index (χ4n) is 5.19. The summed E-state index contributed by atoms with van der Waals surface area (Å²) in [5, 5.41) is 6.14. The van der Waals surface area contributed by atoms with E-state index in [1.807, 2.05) is 62.0 Å². The first-order chi connectivity index (χ1) is 22.7. The van der Waals surface area contributed by atoms with Crippen LogP contribution in [0.15, 0.2) is 73.4 Å². The van der Waals surface area contributed by atoms with Crippen LogP contribution >= 0.6 is 0 Å². The molecule has 0 unspecified atom stereocenters. The van der Waals surface area contributed by atoms with Crippen LogP contribution in [0.3, 0.4) is 0 Å². The molecule has 0 aliphatic rings. The molecule has 0 spiro atoms. The first-order valence-electron chi connectivity index (χ1n) is 16.0. The van der Waals surface area contributed by atoms with Crippen molar-refractivity contribution >= 4 is 40.6 Å². The minimum atomic E-state index is -1.43. The van der Waals surface area contributed by atoms with E-state index in [1.165, 1.54) is 6.08 Å². The van der Waals surface area contributed by atoms with Crippen LogP contribution in [0.1, 0.15) is 58.6 Å². The molecular formula is C37H47N3O8. The maximum Gasteiger partial charge on any atom is 0.408 e. The molecule has 3 atom stereocenters. The summed E-state index contributed by atoms with van der Waals surface area (Å²) in [7, 11) is 1.88. The number of benzene rings is 2. The number of ether oxygens (including phenoxy) is 3. The van der Waals surface area contributed by atoms with E-state index in [4.69, 9.17) is 14.2 Å². The van der Waals surface area contributed by atoms with Crippen molar-refractivity contribution in [3.63, 3.8) is 0 Å². The third-order valence-corrected chi connectivity index (χ3v) is 7.59. The number of alkyl carbamates (subject to hydrolysis) is 1. The number of nitrogens with zero attached hydrogens (tertiary/aromatic N) is 1. The van der Waals surface area contributed by atoms with E-state index in [-0.39, 0.29) is 32.0 Å². The molecule has 258 valence electrons. The first kappa shape index (κ1) is 37.5. The molecule has 0 aliphatic carbocycles. The summed E-state index contributed by atoms with van der Waals surface area (Å²) in [5.41, 5.74) is 1.61. The van der Waals surface area contributed by atoms with Gasteiger partial charge in [0.05, 0.1) is 18.4 Å². The summed E-state index contributed by atoms with van der Waals surface area (Å²) >= 11 is 0. The Bertz CT molecular complexity index is 1590. The second kappa shape index (κ2) is 17.3. The zero-order valence-electron chi connectivity index (χ0n) is 28.6. The Morgan fingerprint density at radius 3 is 2.21 bits per heavy atom. The number of hydrogen-bond acceptors (Lipinski definition) is 8. The molecule has 1 heterocycles. The van der Waals surface area contributed by atoms with Gasteiger partial charge in [-0.3, -0.25) is 19.2 Å². The molecule has 0 radical (unpaired) electrons. The van der Waals surface area contributed by atoms with Crippen molar-refractivity contribution in [3.05, 3.63) is 84.6 Å². The van der Waals surface area contributed by atoms with Gasteiger partial charge in [0.25, 0.3) is 0 Å². The van der Waals surface area contributed by atoms with Gasteiger partial charge in [-0.05, 0) is 43.9 Å². The molecule has 0 bridgehead atoms.